The summed E-state index contributed by atoms with van der Waals surface area (Å²) >= 11 is 0. The van der Waals surface area contributed by atoms with E-state index in [1.807, 2.05) is 34.6 Å². The first kappa shape index (κ1) is 15.2. The van der Waals surface area contributed by atoms with Crippen molar-refractivity contribution in [3.8, 4) is 0 Å². The average molecular weight is 266 g/mol. The van der Waals surface area contributed by atoms with Gasteiger partial charge in [-0.05, 0) is 40.7 Å². The van der Waals surface area contributed by atoms with Gasteiger partial charge in [-0.2, -0.15) is 5.10 Å². The zero-order chi connectivity index (χ0) is 14.6. The summed E-state index contributed by atoms with van der Waals surface area (Å²) in [4.78, 5) is 23.6. The molecule has 1 aromatic heterocycles. The van der Waals surface area contributed by atoms with Crippen LogP contribution in [0.1, 0.15) is 43.9 Å². The molecule has 1 heterocycles. The molecule has 6 nitrogen and oxygen atoms in total. The Bertz CT molecular complexity index is 471. The van der Waals surface area contributed by atoms with E-state index in [0.717, 1.165) is 5.69 Å². The third-order valence-corrected chi connectivity index (χ3v) is 2.36. The van der Waals surface area contributed by atoms with Crippen LogP contribution in [0.2, 0.25) is 0 Å². The second-order valence-electron chi connectivity index (χ2n) is 5.47. The van der Waals surface area contributed by atoms with E-state index < -0.39 is 0 Å². The zero-order valence-corrected chi connectivity index (χ0v) is 12.2. The molecule has 0 aromatic carbocycles. The fraction of sp³-hybridized carbons (Fsp3) is 0.615. The van der Waals surface area contributed by atoms with Crippen molar-refractivity contribution in [3.63, 3.8) is 0 Å². The molecule has 0 fully saturated rings. The zero-order valence-electron chi connectivity index (χ0n) is 12.2. The Morgan fingerprint density at radius 2 is 2.00 bits per heavy atom. The van der Waals surface area contributed by atoms with Crippen LogP contribution < -0.4 is 10.6 Å². The molecule has 0 saturated carbocycles. The van der Waals surface area contributed by atoms with Gasteiger partial charge in [0.05, 0.1) is 12.2 Å². The van der Waals surface area contributed by atoms with E-state index >= 15 is 0 Å². The van der Waals surface area contributed by atoms with Crippen molar-refractivity contribution in [1.29, 1.82) is 0 Å². The number of hydrogen-bond acceptors (Lipinski definition) is 3. The summed E-state index contributed by atoms with van der Waals surface area (Å²) in [5, 5.41) is 9.57. The number of aromatic nitrogens is 2. The van der Waals surface area contributed by atoms with Crippen molar-refractivity contribution in [2.45, 2.75) is 46.7 Å². The molecule has 0 radical (unpaired) electrons. The van der Waals surface area contributed by atoms with Gasteiger partial charge in [0.2, 0.25) is 5.91 Å². The molecule has 0 bridgehead atoms. The first-order valence-corrected chi connectivity index (χ1v) is 6.36. The lowest BCUT2D eigenvalue weighted by atomic mass is 10.1. The Morgan fingerprint density at radius 1 is 1.37 bits per heavy atom. The highest BCUT2D eigenvalue weighted by Crippen LogP contribution is 2.03. The van der Waals surface area contributed by atoms with Crippen molar-refractivity contribution in [2.24, 2.45) is 0 Å². The van der Waals surface area contributed by atoms with E-state index in [1.54, 1.807) is 10.7 Å². The van der Waals surface area contributed by atoms with E-state index in [2.05, 4.69) is 15.7 Å². The van der Waals surface area contributed by atoms with Gasteiger partial charge < -0.3 is 10.6 Å². The number of nitrogens with zero attached hydrogens (tertiary/aromatic N) is 2. The van der Waals surface area contributed by atoms with Gasteiger partial charge in [-0.15, -0.1) is 0 Å². The summed E-state index contributed by atoms with van der Waals surface area (Å²) in [5.41, 5.74) is 0.957. The number of nitrogens with one attached hydrogen (secondary N) is 2. The van der Waals surface area contributed by atoms with Gasteiger partial charge in [-0.1, -0.05) is 0 Å². The van der Waals surface area contributed by atoms with Gasteiger partial charge in [0.1, 0.15) is 5.69 Å². The molecule has 19 heavy (non-hydrogen) atoms. The molecular formula is C13H22N4O2. The van der Waals surface area contributed by atoms with E-state index in [-0.39, 0.29) is 23.9 Å². The Morgan fingerprint density at radius 3 is 2.53 bits per heavy atom. The van der Waals surface area contributed by atoms with E-state index in [0.29, 0.717) is 12.2 Å². The summed E-state index contributed by atoms with van der Waals surface area (Å²) in [7, 11) is 0. The molecule has 106 valence electrons. The number of amides is 2. The summed E-state index contributed by atoms with van der Waals surface area (Å²) in [6.07, 6.45) is 0. The second-order valence-corrected chi connectivity index (χ2v) is 5.47. The lowest BCUT2D eigenvalue weighted by Gasteiger charge is -2.20. The first-order chi connectivity index (χ1) is 8.73. The lowest BCUT2D eigenvalue weighted by Crippen LogP contribution is -2.46. The van der Waals surface area contributed by atoms with Crippen molar-refractivity contribution in [3.05, 3.63) is 17.5 Å². The fourth-order valence-corrected chi connectivity index (χ4v) is 1.68. The number of carbonyl (C=O) groups excluding carboxylic acids is 2. The molecular weight excluding hydrogens is 244 g/mol. The Hall–Kier alpha value is -1.85. The minimum atomic E-state index is -0.302. The Kier molecular flexibility index (Phi) is 4.69. The van der Waals surface area contributed by atoms with Gasteiger partial charge in [0.25, 0.3) is 5.91 Å². The predicted molar refractivity (Wildman–Crippen MR) is 72.9 cm³/mol. The smallest absolute Gasteiger partial charge is 0.269 e. The molecule has 0 saturated heterocycles. The van der Waals surface area contributed by atoms with Gasteiger partial charge in [0.15, 0.2) is 0 Å². The maximum Gasteiger partial charge on any atom is 0.269 e. The molecule has 0 atom stereocenters. The minimum Gasteiger partial charge on any atom is -0.350 e. The number of carbonyl (C=O) groups is 2. The lowest BCUT2D eigenvalue weighted by molar-refractivity contribution is -0.121. The molecule has 1 aromatic rings. The molecule has 0 aliphatic carbocycles. The molecule has 0 aliphatic heterocycles. The predicted octanol–water partition coefficient (Wildman–Crippen LogP) is 0.856. The Balaban J connectivity index is 2.58. The van der Waals surface area contributed by atoms with Gasteiger partial charge in [-0.3, -0.25) is 14.3 Å². The molecule has 0 aliphatic rings. The van der Waals surface area contributed by atoms with Crippen molar-refractivity contribution in [1.82, 2.24) is 20.4 Å². The summed E-state index contributed by atoms with van der Waals surface area (Å²) in [5.74, 6) is -0.494. The number of aryl methyl sites for hydroxylation is 2. The fourth-order valence-electron chi connectivity index (χ4n) is 1.68. The molecule has 6 heteroatoms. The van der Waals surface area contributed by atoms with Crippen LogP contribution in [-0.2, 0) is 11.3 Å². The standard InChI is InChI=1S/C13H22N4O2/c1-6-17-10(7-9(2)16-17)12(19)14-8-11(18)15-13(3,4)5/h7H,6,8H2,1-5H3,(H,14,19)(H,15,18). The molecule has 2 amide bonds. The van der Waals surface area contributed by atoms with Gasteiger partial charge in [0, 0.05) is 12.1 Å². The van der Waals surface area contributed by atoms with E-state index in [1.165, 1.54) is 0 Å². The summed E-state index contributed by atoms with van der Waals surface area (Å²) < 4.78 is 1.62. The van der Waals surface area contributed by atoms with Crippen LogP contribution in [0.3, 0.4) is 0 Å². The summed E-state index contributed by atoms with van der Waals surface area (Å²) in [6, 6.07) is 1.71. The van der Waals surface area contributed by atoms with Crippen LogP contribution in [-0.4, -0.2) is 33.7 Å². The summed E-state index contributed by atoms with van der Waals surface area (Å²) in [6.45, 7) is 9.99. The van der Waals surface area contributed by atoms with Crippen LogP contribution in [0.15, 0.2) is 6.07 Å². The number of rotatable bonds is 4. The highest BCUT2D eigenvalue weighted by Gasteiger charge is 2.16. The highest BCUT2D eigenvalue weighted by molar-refractivity contribution is 5.95. The Labute approximate surface area is 113 Å². The molecule has 0 unspecified atom stereocenters. The van der Waals surface area contributed by atoms with E-state index in [9.17, 15) is 9.59 Å². The largest absolute Gasteiger partial charge is 0.350 e. The molecule has 1 rings (SSSR count). The van der Waals surface area contributed by atoms with Crippen LogP contribution in [0, 0.1) is 6.92 Å². The van der Waals surface area contributed by atoms with Crippen LogP contribution in [0.4, 0.5) is 0 Å². The van der Waals surface area contributed by atoms with E-state index in [4.69, 9.17) is 0 Å². The maximum atomic E-state index is 12.0. The van der Waals surface area contributed by atoms with Crippen molar-refractivity contribution >= 4 is 11.8 Å². The third kappa shape index (κ3) is 4.73. The van der Waals surface area contributed by atoms with Crippen LogP contribution in [0.5, 0.6) is 0 Å². The third-order valence-electron chi connectivity index (χ3n) is 2.36. The average Bonchev–Trinajstić information content (AvgIpc) is 2.65. The second kappa shape index (κ2) is 5.86. The topological polar surface area (TPSA) is 76.0 Å². The van der Waals surface area contributed by atoms with Crippen LogP contribution >= 0.6 is 0 Å². The first-order valence-electron chi connectivity index (χ1n) is 6.36. The van der Waals surface area contributed by atoms with Gasteiger partial charge in [-0.25, -0.2) is 0 Å². The van der Waals surface area contributed by atoms with Crippen molar-refractivity contribution in [2.75, 3.05) is 6.54 Å². The molecule has 2 N–H and O–H groups in total. The highest BCUT2D eigenvalue weighted by atomic mass is 16.2. The monoisotopic (exact) mass is 266 g/mol. The maximum absolute atomic E-state index is 12.0. The number of hydrogen-bond donors (Lipinski definition) is 2. The SMILES string of the molecule is CCn1nc(C)cc1C(=O)NCC(=O)NC(C)(C)C. The van der Waals surface area contributed by atoms with Crippen LogP contribution in [0.25, 0.3) is 0 Å². The normalized spacial score (nSPS) is 11.2. The van der Waals surface area contributed by atoms with Crippen molar-refractivity contribution < 1.29 is 9.59 Å². The van der Waals surface area contributed by atoms with Gasteiger partial charge >= 0.3 is 0 Å². The quantitative estimate of drug-likeness (QED) is 0.848. The minimum absolute atomic E-state index is 0.0377. The molecule has 0 spiro atoms.